The molecule has 9 heteroatoms. The van der Waals surface area contributed by atoms with Gasteiger partial charge < -0.3 is 15.0 Å². The van der Waals surface area contributed by atoms with Gasteiger partial charge in [0, 0.05) is 12.1 Å². The summed E-state index contributed by atoms with van der Waals surface area (Å²) >= 11 is 0. The smallest absolute Gasteiger partial charge is 0.504 e. The Morgan fingerprint density at radius 2 is 1.80 bits per heavy atom. The molecule has 0 aliphatic carbocycles. The van der Waals surface area contributed by atoms with Crippen LogP contribution in [0.3, 0.4) is 0 Å². The minimum Gasteiger partial charge on any atom is -0.504 e. The highest BCUT2D eigenvalue weighted by Gasteiger charge is 2.20. The molecule has 1 aromatic carbocycles. The van der Waals surface area contributed by atoms with E-state index in [2.05, 4.69) is 14.5 Å². The second kappa shape index (κ2) is 4.89. The summed E-state index contributed by atoms with van der Waals surface area (Å²) in [6.07, 6.45) is 0. The van der Waals surface area contributed by atoms with Crippen molar-refractivity contribution in [3.63, 3.8) is 0 Å². The average molecular weight is 222 g/mol. The third kappa shape index (κ3) is 3.03. The summed E-state index contributed by atoms with van der Waals surface area (Å²) in [7, 11) is -2.14. The van der Waals surface area contributed by atoms with Crippen LogP contribution >= 0.6 is 0 Å². The van der Waals surface area contributed by atoms with Crippen molar-refractivity contribution in [3.8, 4) is 11.5 Å². The molecule has 0 atom stereocenters. The van der Waals surface area contributed by atoms with E-state index in [9.17, 15) is 8.78 Å². The molecular weight excluding hydrogens is 217 g/mol. The number of hydrogen-bond donors (Lipinski definition) is 3. The predicted molar refractivity (Wildman–Crippen MR) is 41.4 cm³/mol. The monoisotopic (exact) mass is 222 g/mol. The van der Waals surface area contributed by atoms with Crippen LogP contribution in [0.25, 0.3) is 0 Å². The molecule has 0 radical (unpaired) electrons. The highest BCUT2D eigenvalue weighted by atomic mass is 19.2. The van der Waals surface area contributed by atoms with Crippen molar-refractivity contribution in [2.45, 2.75) is 0 Å². The summed E-state index contributed by atoms with van der Waals surface area (Å²) in [4.78, 5) is 11.2. The molecule has 0 aromatic heterocycles. The molecule has 0 saturated carbocycles. The second-order valence-electron chi connectivity index (χ2n) is 2.33. The molecule has 1 aromatic rings. The first-order valence-electron chi connectivity index (χ1n) is 3.54. The third-order valence-electron chi connectivity index (χ3n) is 1.31. The zero-order valence-corrected chi connectivity index (χ0v) is 7.05. The quantitative estimate of drug-likeness (QED) is 0.389. The summed E-state index contributed by atoms with van der Waals surface area (Å²) in [6.45, 7) is 0. The fourth-order valence-corrected chi connectivity index (χ4v) is 0.695. The lowest BCUT2D eigenvalue weighted by Gasteiger charge is -2.06. The Labute approximate surface area is 82.3 Å². The van der Waals surface area contributed by atoms with Crippen molar-refractivity contribution in [1.29, 1.82) is 0 Å². The molecule has 0 fully saturated rings. The van der Waals surface area contributed by atoms with E-state index < -0.39 is 30.5 Å². The van der Waals surface area contributed by atoms with Gasteiger partial charge in [0.2, 0.25) is 5.75 Å². The summed E-state index contributed by atoms with van der Waals surface area (Å²) in [5.74, 6) is -3.91. The van der Waals surface area contributed by atoms with Gasteiger partial charge in [-0.3, -0.25) is 5.26 Å². The zero-order chi connectivity index (χ0) is 11.4. The minimum absolute atomic E-state index is 0.445. The molecule has 0 spiro atoms. The molecular formula is C6H5BF2O6. The molecule has 0 unspecified atom stereocenters. The predicted octanol–water partition coefficient (Wildman–Crippen LogP) is 0.448. The standard InChI is InChI=1S/C6H5BF2O6/c8-3-1-5(10)6(2-4(3)9)13-15-7(11)14-12/h1-2,10-12H. The molecule has 15 heavy (non-hydrogen) atoms. The van der Waals surface area contributed by atoms with Crippen molar-refractivity contribution in [1.82, 2.24) is 0 Å². The van der Waals surface area contributed by atoms with Crippen LogP contribution in [-0.4, -0.2) is 22.7 Å². The van der Waals surface area contributed by atoms with E-state index in [1.54, 1.807) is 0 Å². The molecule has 3 N–H and O–H groups in total. The molecule has 0 amide bonds. The van der Waals surface area contributed by atoms with E-state index in [1.165, 1.54) is 0 Å². The van der Waals surface area contributed by atoms with Crippen LogP contribution in [-0.2, 0) is 9.61 Å². The van der Waals surface area contributed by atoms with Gasteiger partial charge in [-0.15, -0.1) is 0 Å². The van der Waals surface area contributed by atoms with Crippen LogP contribution in [0, 0.1) is 11.6 Å². The first-order valence-corrected chi connectivity index (χ1v) is 3.54. The van der Waals surface area contributed by atoms with Crippen molar-refractivity contribution in [3.05, 3.63) is 23.8 Å². The van der Waals surface area contributed by atoms with Gasteiger partial charge in [-0.25, -0.2) is 13.6 Å². The molecule has 0 aliphatic heterocycles. The van der Waals surface area contributed by atoms with Crippen molar-refractivity contribution >= 4 is 7.32 Å². The Morgan fingerprint density at radius 1 is 1.20 bits per heavy atom. The van der Waals surface area contributed by atoms with Crippen LogP contribution < -0.4 is 4.89 Å². The topological polar surface area (TPSA) is 88.4 Å². The summed E-state index contributed by atoms with van der Waals surface area (Å²) in [5, 5.41) is 25.3. The molecule has 6 nitrogen and oxygen atoms in total. The van der Waals surface area contributed by atoms with Gasteiger partial charge in [-0.2, -0.15) is 4.81 Å². The molecule has 82 valence electrons. The average Bonchev–Trinajstić information content (AvgIpc) is 2.21. The zero-order valence-electron chi connectivity index (χ0n) is 7.05. The molecule has 0 saturated heterocycles. The van der Waals surface area contributed by atoms with Gasteiger partial charge >= 0.3 is 7.32 Å². The van der Waals surface area contributed by atoms with E-state index >= 15 is 0 Å². The van der Waals surface area contributed by atoms with E-state index in [0.717, 1.165) is 0 Å². The maximum absolute atomic E-state index is 12.6. The van der Waals surface area contributed by atoms with Crippen LogP contribution in [0.4, 0.5) is 8.78 Å². The highest BCUT2D eigenvalue weighted by molar-refractivity contribution is 6.33. The van der Waals surface area contributed by atoms with Crippen molar-refractivity contribution in [2.75, 3.05) is 0 Å². The molecule has 0 heterocycles. The van der Waals surface area contributed by atoms with E-state index in [4.69, 9.17) is 15.4 Å². The lowest BCUT2D eigenvalue weighted by molar-refractivity contribution is -0.229. The first kappa shape index (κ1) is 11.7. The minimum atomic E-state index is -2.14. The maximum Gasteiger partial charge on any atom is 0.703 e. The summed E-state index contributed by atoms with van der Waals surface area (Å²) in [6, 6.07) is 0.926. The van der Waals surface area contributed by atoms with Gasteiger partial charge in [-0.05, 0) is 0 Å². The van der Waals surface area contributed by atoms with Gasteiger partial charge in [0.15, 0.2) is 17.4 Å². The second-order valence-corrected chi connectivity index (χ2v) is 2.33. The SMILES string of the molecule is OOB(O)OOc1cc(F)c(F)cc1O. The number of aromatic hydroxyl groups is 1. The van der Waals surface area contributed by atoms with Crippen molar-refractivity contribution in [2.24, 2.45) is 0 Å². The number of phenolic OH excluding ortho intramolecular Hbond substituents is 1. The normalized spacial score (nSPS) is 10.1. The summed E-state index contributed by atoms with van der Waals surface area (Å²) < 4.78 is 25.1. The lowest BCUT2D eigenvalue weighted by atomic mass is 10.3. The van der Waals surface area contributed by atoms with Crippen molar-refractivity contribution < 1.29 is 38.7 Å². The van der Waals surface area contributed by atoms with Crippen LogP contribution in [0.2, 0.25) is 0 Å². The third-order valence-corrected chi connectivity index (χ3v) is 1.31. The van der Waals surface area contributed by atoms with Gasteiger partial charge in [0.1, 0.15) is 0 Å². The highest BCUT2D eigenvalue weighted by Crippen LogP contribution is 2.28. The Hall–Kier alpha value is -1.42. The van der Waals surface area contributed by atoms with Gasteiger partial charge in [-0.1, -0.05) is 0 Å². The van der Waals surface area contributed by atoms with Gasteiger partial charge in [0.05, 0.1) is 0 Å². The summed E-state index contributed by atoms with van der Waals surface area (Å²) in [5.41, 5.74) is 0. The van der Waals surface area contributed by atoms with E-state index in [-0.39, 0.29) is 0 Å². The number of halogens is 2. The Kier molecular flexibility index (Phi) is 3.80. The number of phenols is 1. The Morgan fingerprint density at radius 3 is 2.40 bits per heavy atom. The molecule has 0 aliphatic rings. The first-order chi connectivity index (χ1) is 7.04. The Bertz CT molecular complexity index is 349. The lowest BCUT2D eigenvalue weighted by Crippen LogP contribution is -2.22. The molecule has 0 bridgehead atoms. The fourth-order valence-electron chi connectivity index (χ4n) is 0.695. The largest absolute Gasteiger partial charge is 0.703 e. The number of rotatable bonds is 4. The maximum atomic E-state index is 12.6. The Balaban J connectivity index is 2.73. The van der Waals surface area contributed by atoms with Crippen LogP contribution in [0.15, 0.2) is 12.1 Å². The van der Waals surface area contributed by atoms with Crippen LogP contribution in [0.1, 0.15) is 0 Å². The van der Waals surface area contributed by atoms with E-state index in [0.29, 0.717) is 12.1 Å². The van der Waals surface area contributed by atoms with Gasteiger partial charge in [0.25, 0.3) is 0 Å². The molecule has 1 rings (SSSR count). The number of hydrogen-bond acceptors (Lipinski definition) is 6. The number of benzene rings is 1. The van der Waals surface area contributed by atoms with E-state index in [1.807, 2.05) is 0 Å². The van der Waals surface area contributed by atoms with Crippen LogP contribution in [0.5, 0.6) is 11.5 Å². The fraction of sp³-hybridized carbons (Fsp3) is 0.